The summed E-state index contributed by atoms with van der Waals surface area (Å²) in [5.74, 6) is -0.0171. The van der Waals surface area contributed by atoms with Crippen molar-refractivity contribution in [2.45, 2.75) is 25.9 Å². The van der Waals surface area contributed by atoms with Crippen LogP contribution in [0.2, 0.25) is 5.02 Å². The summed E-state index contributed by atoms with van der Waals surface area (Å²) in [5.41, 5.74) is 3.03. The second kappa shape index (κ2) is 11.9. The molecule has 3 rings (SSSR count). The van der Waals surface area contributed by atoms with Crippen molar-refractivity contribution in [3.05, 3.63) is 99.0 Å². The maximum atomic E-state index is 13.4. The van der Waals surface area contributed by atoms with Gasteiger partial charge in [0.25, 0.3) is 5.91 Å². The first kappa shape index (κ1) is 24.8. The van der Waals surface area contributed by atoms with E-state index in [2.05, 4.69) is 21.2 Å². The Balaban J connectivity index is 1.87. The van der Waals surface area contributed by atoms with Gasteiger partial charge in [0.15, 0.2) is 6.61 Å². The molecule has 7 heteroatoms. The zero-order valence-corrected chi connectivity index (χ0v) is 20.9. The molecule has 2 amide bonds. The molecule has 3 aromatic carbocycles. The molecule has 0 aliphatic rings. The van der Waals surface area contributed by atoms with Crippen molar-refractivity contribution in [1.82, 2.24) is 10.2 Å². The quantitative estimate of drug-likeness (QED) is 0.416. The number of carbonyl (C=O) groups is 2. The average molecular weight is 530 g/mol. The van der Waals surface area contributed by atoms with Gasteiger partial charge in [-0.2, -0.15) is 0 Å². The predicted molar refractivity (Wildman–Crippen MR) is 134 cm³/mol. The summed E-state index contributed by atoms with van der Waals surface area (Å²) in [6.45, 7) is 2.08. The number of hydrogen-bond donors (Lipinski definition) is 1. The highest BCUT2D eigenvalue weighted by molar-refractivity contribution is 9.10. The Bertz CT molecular complexity index is 1090. The number of carbonyl (C=O) groups excluding carboxylic acids is 2. The van der Waals surface area contributed by atoms with Crippen molar-refractivity contribution < 1.29 is 14.3 Å². The Morgan fingerprint density at radius 2 is 1.73 bits per heavy atom. The van der Waals surface area contributed by atoms with Crippen molar-refractivity contribution in [3.63, 3.8) is 0 Å². The highest BCUT2D eigenvalue weighted by atomic mass is 79.9. The molecule has 0 saturated carbocycles. The maximum absolute atomic E-state index is 13.4. The number of nitrogens with one attached hydrogen (secondary N) is 1. The van der Waals surface area contributed by atoms with E-state index in [0.717, 1.165) is 16.7 Å². The van der Waals surface area contributed by atoms with E-state index in [1.165, 1.54) is 0 Å². The lowest BCUT2D eigenvalue weighted by atomic mass is 10.0. The van der Waals surface area contributed by atoms with E-state index < -0.39 is 6.04 Å². The minimum atomic E-state index is -0.691. The molecule has 0 aliphatic carbocycles. The molecule has 0 fully saturated rings. The Morgan fingerprint density at radius 1 is 1.03 bits per heavy atom. The van der Waals surface area contributed by atoms with E-state index in [1.54, 1.807) is 30.1 Å². The molecule has 172 valence electrons. The maximum Gasteiger partial charge on any atom is 0.261 e. The first-order valence-electron chi connectivity index (χ1n) is 10.6. The van der Waals surface area contributed by atoms with Crippen LogP contribution in [-0.2, 0) is 22.6 Å². The lowest BCUT2D eigenvalue weighted by Crippen LogP contribution is -2.51. The van der Waals surface area contributed by atoms with Crippen LogP contribution in [0.25, 0.3) is 0 Å². The van der Waals surface area contributed by atoms with Gasteiger partial charge in [0, 0.05) is 25.0 Å². The van der Waals surface area contributed by atoms with Crippen molar-refractivity contribution >= 4 is 39.3 Å². The van der Waals surface area contributed by atoms with Gasteiger partial charge in [-0.1, -0.05) is 71.8 Å². The lowest BCUT2D eigenvalue weighted by Gasteiger charge is -2.31. The van der Waals surface area contributed by atoms with Crippen molar-refractivity contribution in [1.29, 1.82) is 0 Å². The van der Waals surface area contributed by atoms with Crippen LogP contribution in [0.1, 0.15) is 16.7 Å². The molecule has 0 saturated heterocycles. The van der Waals surface area contributed by atoms with Gasteiger partial charge in [0.05, 0.1) is 4.47 Å². The van der Waals surface area contributed by atoms with Crippen LogP contribution < -0.4 is 10.1 Å². The molecule has 0 spiro atoms. The van der Waals surface area contributed by atoms with Crippen LogP contribution in [0.3, 0.4) is 0 Å². The predicted octanol–water partition coefficient (Wildman–Crippen LogP) is 5.18. The van der Waals surface area contributed by atoms with Crippen LogP contribution in [-0.4, -0.2) is 36.4 Å². The zero-order chi connectivity index (χ0) is 23.8. The van der Waals surface area contributed by atoms with E-state index in [-0.39, 0.29) is 25.0 Å². The van der Waals surface area contributed by atoms with Crippen molar-refractivity contribution in [2.24, 2.45) is 0 Å². The average Bonchev–Trinajstić information content (AvgIpc) is 2.82. The molecule has 1 atom stereocenters. The second-order valence-electron chi connectivity index (χ2n) is 7.69. The smallest absolute Gasteiger partial charge is 0.261 e. The summed E-state index contributed by atoms with van der Waals surface area (Å²) in [6, 6.07) is 22.0. The van der Waals surface area contributed by atoms with Crippen molar-refractivity contribution in [2.75, 3.05) is 13.7 Å². The molecule has 0 aromatic heterocycles. The summed E-state index contributed by atoms with van der Waals surface area (Å²) < 4.78 is 6.43. The van der Waals surface area contributed by atoms with E-state index in [0.29, 0.717) is 21.7 Å². The van der Waals surface area contributed by atoms with Gasteiger partial charge >= 0.3 is 0 Å². The molecule has 3 aromatic rings. The highest BCUT2D eigenvalue weighted by Crippen LogP contribution is 2.28. The Morgan fingerprint density at radius 3 is 2.36 bits per heavy atom. The molecule has 1 N–H and O–H groups in total. The fourth-order valence-corrected chi connectivity index (χ4v) is 4.22. The summed E-state index contributed by atoms with van der Waals surface area (Å²) in [5, 5.41) is 3.27. The van der Waals surface area contributed by atoms with Gasteiger partial charge in [0.2, 0.25) is 5.91 Å². The first-order valence-corrected chi connectivity index (χ1v) is 11.7. The third-order valence-electron chi connectivity index (χ3n) is 5.24. The normalized spacial score (nSPS) is 11.5. The molecule has 5 nitrogen and oxygen atoms in total. The fourth-order valence-electron chi connectivity index (χ4n) is 3.43. The molecule has 0 radical (unpaired) electrons. The van der Waals surface area contributed by atoms with Crippen LogP contribution >= 0.6 is 27.5 Å². The van der Waals surface area contributed by atoms with Gasteiger partial charge in [-0.3, -0.25) is 9.59 Å². The monoisotopic (exact) mass is 528 g/mol. The number of nitrogens with zero attached hydrogens (tertiary/aromatic N) is 1. The van der Waals surface area contributed by atoms with Gasteiger partial charge in [-0.15, -0.1) is 0 Å². The molecule has 33 heavy (non-hydrogen) atoms. The standard InChI is InChI=1S/C26H26BrClN2O3/c1-18-8-10-20(11-9-18)16-30(23(26(32)29-2)14-19-6-4-3-5-7-19)25(31)17-33-24-13-12-21(28)15-22(24)27/h3-13,15,23H,14,16-17H2,1-2H3,(H,29,32)/t23-/m1/s1. The Kier molecular flexibility index (Phi) is 8.92. The third-order valence-corrected chi connectivity index (χ3v) is 6.09. The molecule has 0 bridgehead atoms. The van der Waals surface area contributed by atoms with Crippen LogP contribution in [0.15, 0.2) is 77.3 Å². The minimum Gasteiger partial charge on any atom is -0.483 e. The summed E-state index contributed by atoms with van der Waals surface area (Å²) >= 11 is 9.40. The van der Waals surface area contributed by atoms with Gasteiger partial charge in [-0.05, 0) is 52.2 Å². The molecule has 0 unspecified atom stereocenters. The van der Waals surface area contributed by atoms with E-state index in [1.807, 2.05) is 61.5 Å². The van der Waals surface area contributed by atoms with Crippen LogP contribution in [0, 0.1) is 6.92 Å². The summed E-state index contributed by atoms with van der Waals surface area (Å²) in [7, 11) is 1.58. The molecule has 0 heterocycles. The SMILES string of the molecule is CNC(=O)[C@@H](Cc1ccccc1)N(Cc1ccc(C)cc1)C(=O)COc1ccc(Cl)cc1Br. The number of halogens is 2. The highest BCUT2D eigenvalue weighted by Gasteiger charge is 2.30. The fraction of sp³-hybridized carbons (Fsp3) is 0.231. The van der Waals surface area contributed by atoms with E-state index in [4.69, 9.17) is 16.3 Å². The van der Waals surface area contributed by atoms with Gasteiger partial charge in [-0.25, -0.2) is 0 Å². The zero-order valence-electron chi connectivity index (χ0n) is 18.6. The number of amides is 2. The first-order chi connectivity index (χ1) is 15.9. The minimum absolute atomic E-state index is 0.214. The number of hydrogen-bond acceptors (Lipinski definition) is 3. The number of rotatable bonds is 9. The van der Waals surface area contributed by atoms with Gasteiger partial charge < -0.3 is 15.0 Å². The van der Waals surface area contributed by atoms with E-state index >= 15 is 0 Å². The van der Waals surface area contributed by atoms with Crippen molar-refractivity contribution in [3.8, 4) is 5.75 Å². The largest absolute Gasteiger partial charge is 0.483 e. The summed E-state index contributed by atoms with van der Waals surface area (Å²) in [6.07, 6.45) is 0.392. The Hall–Kier alpha value is -2.83. The second-order valence-corrected chi connectivity index (χ2v) is 8.98. The van der Waals surface area contributed by atoms with Crippen LogP contribution in [0.4, 0.5) is 0 Å². The Labute approximate surface area is 207 Å². The van der Waals surface area contributed by atoms with E-state index in [9.17, 15) is 9.59 Å². The lowest BCUT2D eigenvalue weighted by molar-refractivity contribution is -0.142. The summed E-state index contributed by atoms with van der Waals surface area (Å²) in [4.78, 5) is 27.9. The third kappa shape index (κ3) is 7.07. The number of ether oxygens (including phenoxy) is 1. The topological polar surface area (TPSA) is 58.6 Å². The molecule has 0 aliphatic heterocycles. The van der Waals surface area contributed by atoms with Crippen LogP contribution in [0.5, 0.6) is 5.75 Å². The molecular weight excluding hydrogens is 504 g/mol. The number of benzene rings is 3. The van der Waals surface area contributed by atoms with Gasteiger partial charge in [0.1, 0.15) is 11.8 Å². The number of likely N-dealkylation sites (N-methyl/N-ethyl adjacent to an activating group) is 1. The number of aryl methyl sites for hydroxylation is 1. The molecular formula is C26H26BrClN2O3.